The second kappa shape index (κ2) is 5.74. The van der Waals surface area contributed by atoms with Gasteiger partial charge in [0, 0.05) is 23.5 Å². The fraction of sp³-hybridized carbons (Fsp3) is 0.250. The fourth-order valence-corrected chi connectivity index (χ4v) is 2.27. The molecule has 0 saturated carbocycles. The molecule has 4 heteroatoms. The number of amidine groups is 1. The van der Waals surface area contributed by atoms with Crippen molar-refractivity contribution in [1.29, 1.82) is 5.41 Å². The molecule has 2 rings (SSSR count). The number of benzene rings is 1. The molecule has 0 saturated heterocycles. The number of aryl methyl sites for hydroxylation is 2. The first-order chi connectivity index (χ1) is 9.52. The van der Waals surface area contributed by atoms with Crippen molar-refractivity contribution in [3.8, 4) is 0 Å². The lowest BCUT2D eigenvalue weighted by molar-refractivity contribution is 0.972. The number of hydrogen-bond donors (Lipinski definition) is 2. The molecule has 0 fully saturated rings. The van der Waals surface area contributed by atoms with Crippen LogP contribution in [-0.2, 0) is 0 Å². The van der Waals surface area contributed by atoms with E-state index in [1.807, 2.05) is 31.2 Å². The van der Waals surface area contributed by atoms with Gasteiger partial charge in [0.1, 0.15) is 11.7 Å². The number of rotatable bonds is 4. The Labute approximate surface area is 119 Å². The van der Waals surface area contributed by atoms with Crippen LogP contribution in [0.25, 0.3) is 0 Å². The van der Waals surface area contributed by atoms with Gasteiger partial charge in [-0.15, -0.1) is 0 Å². The van der Waals surface area contributed by atoms with E-state index in [2.05, 4.69) is 35.9 Å². The molecule has 0 spiro atoms. The molecular weight excluding hydrogens is 248 g/mol. The molecule has 1 aromatic carbocycles. The Morgan fingerprint density at radius 1 is 1.25 bits per heavy atom. The summed E-state index contributed by atoms with van der Waals surface area (Å²) in [5.74, 6) is 0.893. The van der Waals surface area contributed by atoms with E-state index < -0.39 is 0 Å². The zero-order chi connectivity index (χ0) is 14.7. The van der Waals surface area contributed by atoms with Gasteiger partial charge in [0.25, 0.3) is 0 Å². The average Bonchev–Trinajstić information content (AvgIpc) is 2.41. The minimum Gasteiger partial charge on any atom is -0.384 e. The van der Waals surface area contributed by atoms with Crippen LogP contribution in [0.3, 0.4) is 0 Å². The van der Waals surface area contributed by atoms with Crippen LogP contribution in [0, 0.1) is 19.3 Å². The zero-order valence-electron chi connectivity index (χ0n) is 12.1. The van der Waals surface area contributed by atoms with E-state index in [0.717, 1.165) is 23.7 Å². The maximum absolute atomic E-state index is 7.61. The summed E-state index contributed by atoms with van der Waals surface area (Å²) in [5, 5.41) is 7.61. The third-order valence-corrected chi connectivity index (χ3v) is 3.25. The molecule has 3 N–H and O–H groups in total. The fourth-order valence-electron chi connectivity index (χ4n) is 2.27. The third-order valence-electron chi connectivity index (χ3n) is 3.25. The topological polar surface area (TPSA) is 66.0 Å². The van der Waals surface area contributed by atoms with E-state index >= 15 is 0 Å². The van der Waals surface area contributed by atoms with Crippen molar-refractivity contribution in [1.82, 2.24) is 4.98 Å². The van der Waals surface area contributed by atoms with E-state index in [9.17, 15) is 0 Å². The van der Waals surface area contributed by atoms with Gasteiger partial charge in [-0.2, -0.15) is 0 Å². The summed E-state index contributed by atoms with van der Waals surface area (Å²) in [6.45, 7) is 6.89. The Morgan fingerprint density at radius 2 is 1.95 bits per heavy atom. The van der Waals surface area contributed by atoms with Gasteiger partial charge < -0.3 is 10.6 Å². The Hall–Kier alpha value is -2.36. The third kappa shape index (κ3) is 2.79. The van der Waals surface area contributed by atoms with E-state index in [4.69, 9.17) is 11.1 Å². The van der Waals surface area contributed by atoms with Gasteiger partial charge >= 0.3 is 0 Å². The quantitative estimate of drug-likeness (QED) is 0.661. The van der Waals surface area contributed by atoms with E-state index in [1.54, 1.807) is 0 Å². The van der Waals surface area contributed by atoms with E-state index in [-0.39, 0.29) is 5.84 Å². The second-order valence-corrected chi connectivity index (χ2v) is 4.80. The number of para-hydroxylation sites is 1. The number of nitrogen functional groups attached to an aromatic ring is 1. The van der Waals surface area contributed by atoms with Crippen molar-refractivity contribution < 1.29 is 0 Å². The molecule has 0 aliphatic rings. The molecule has 2 aromatic rings. The van der Waals surface area contributed by atoms with E-state index in [1.165, 1.54) is 5.56 Å². The molecule has 20 heavy (non-hydrogen) atoms. The maximum atomic E-state index is 7.61. The molecule has 1 heterocycles. The zero-order valence-corrected chi connectivity index (χ0v) is 12.1. The minimum atomic E-state index is 0.0672. The summed E-state index contributed by atoms with van der Waals surface area (Å²) in [7, 11) is 0. The lowest BCUT2D eigenvalue weighted by Gasteiger charge is -2.24. The Kier molecular flexibility index (Phi) is 4.03. The van der Waals surface area contributed by atoms with E-state index in [0.29, 0.717) is 5.56 Å². The number of nitrogens with two attached hydrogens (primary N) is 1. The van der Waals surface area contributed by atoms with Crippen LogP contribution in [0.4, 0.5) is 11.5 Å². The summed E-state index contributed by atoms with van der Waals surface area (Å²) >= 11 is 0. The number of hydrogen-bond acceptors (Lipinski definition) is 3. The Morgan fingerprint density at radius 3 is 2.55 bits per heavy atom. The van der Waals surface area contributed by atoms with Gasteiger partial charge in [-0.25, -0.2) is 4.98 Å². The number of nitrogens with zero attached hydrogens (tertiary/aromatic N) is 2. The van der Waals surface area contributed by atoms with Gasteiger partial charge in [0.15, 0.2) is 0 Å². The number of nitrogens with one attached hydrogen (secondary N) is 1. The normalized spacial score (nSPS) is 10.3. The highest BCUT2D eigenvalue weighted by molar-refractivity contribution is 5.95. The van der Waals surface area contributed by atoms with Crippen molar-refractivity contribution in [2.24, 2.45) is 5.73 Å². The van der Waals surface area contributed by atoms with Crippen molar-refractivity contribution in [3.63, 3.8) is 0 Å². The molecule has 0 unspecified atom stereocenters. The molecule has 0 amide bonds. The largest absolute Gasteiger partial charge is 0.384 e. The number of pyridine rings is 1. The predicted molar refractivity (Wildman–Crippen MR) is 83.8 cm³/mol. The van der Waals surface area contributed by atoms with Crippen molar-refractivity contribution in [2.45, 2.75) is 20.8 Å². The Bertz CT molecular complexity index is 634. The number of anilines is 2. The van der Waals surface area contributed by atoms with Gasteiger partial charge in [0.05, 0.1) is 0 Å². The van der Waals surface area contributed by atoms with Crippen molar-refractivity contribution in [3.05, 3.63) is 53.2 Å². The maximum Gasteiger partial charge on any atom is 0.133 e. The van der Waals surface area contributed by atoms with Crippen LogP contribution < -0.4 is 10.6 Å². The summed E-state index contributed by atoms with van der Waals surface area (Å²) in [4.78, 5) is 6.71. The molecule has 0 aliphatic carbocycles. The van der Waals surface area contributed by atoms with Gasteiger partial charge in [0.2, 0.25) is 0 Å². The lowest BCUT2D eigenvalue weighted by Crippen LogP contribution is -2.20. The summed E-state index contributed by atoms with van der Waals surface area (Å²) in [6.07, 6.45) is 0. The Balaban J connectivity index is 2.52. The van der Waals surface area contributed by atoms with Crippen LogP contribution in [0.1, 0.15) is 23.7 Å². The smallest absolute Gasteiger partial charge is 0.133 e. The van der Waals surface area contributed by atoms with Crippen molar-refractivity contribution in [2.75, 3.05) is 11.4 Å². The first-order valence-electron chi connectivity index (χ1n) is 6.69. The highest BCUT2D eigenvalue weighted by Crippen LogP contribution is 2.27. The summed E-state index contributed by atoms with van der Waals surface area (Å²) < 4.78 is 0. The summed E-state index contributed by atoms with van der Waals surface area (Å²) in [6, 6.07) is 11.9. The molecule has 0 bridgehead atoms. The molecule has 0 radical (unpaired) electrons. The molecular formula is C16H20N4. The SMILES string of the molecule is CCN(c1cc(C(=N)N)cc(C)n1)c1ccccc1C. The van der Waals surface area contributed by atoms with Crippen molar-refractivity contribution >= 4 is 17.3 Å². The van der Waals surface area contributed by atoms with Crippen LogP contribution in [-0.4, -0.2) is 17.4 Å². The highest BCUT2D eigenvalue weighted by atomic mass is 15.2. The monoisotopic (exact) mass is 268 g/mol. The van der Waals surface area contributed by atoms with Crippen LogP contribution in [0.15, 0.2) is 36.4 Å². The first-order valence-corrected chi connectivity index (χ1v) is 6.69. The van der Waals surface area contributed by atoms with Gasteiger partial charge in [-0.1, -0.05) is 18.2 Å². The molecule has 1 aromatic heterocycles. The molecule has 104 valence electrons. The first kappa shape index (κ1) is 14.1. The molecule has 0 aliphatic heterocycles. The molecule has 0 atom stereocenters. The summed E-state index contributed by atoms with van der Waals surface area (Å²) in [5.41, 5.74) is 9.49. The average molecular weight is 268 g/mol. The van der Waals surface area contributed by atoms with Gasteiger partial charge in [-0.05, 0) is 44.5 Å². The van der Waals surface area contributed by atoms with Gasteiger partial charge in [-0.3, -0.25) is 5.41 Å². The standard InChI is InChI=1S/C16H20N4/c1-4-20(14-8-6-5-7-11(14)2)15-10-13(16(17)18)9-12(3)19-15/h5-10H,4H2,1-3H3,(H3,17,18). The second-order valence-electron chi connectivity index (χ2n) is 4.80. The molecule has 4 nitrogen and oxygen atoms in total. The van der Waals surface area contributed by atoms with Crippen LogP contribution in [0.2, 0.25) is 0 Å². The highest BCUT2D eigenvalue weighted by Gasteiger charge is 2.12. The minimum absolute atomic E-state index is 0.0672. The predicted octanol–water partition coefficient (Wildman–Crippen LogP) is 3.14. The van der Waals surface area contributed by atoms with Crippen LogP contribution in [0.5, 0.6) is 0 Å². The lowest BCUT2D eigenvalue weighted by atomic mass is 10.1. The van der Waals surface area contributed by atoms with Crippen LogP contribution >= 0.6 is 0 Å². The number of aromatic nitrogens is 1.